The van der Waals surface area contributed by atoms with Crippen LogP contribution in [-0.2, 0) is 14.8 Å². The molecule has 3 rings (SSSR count). The molecule has 0 spiro atoms. The van der Waals surface area contributed by atoms with Gasteiger partial charge in [-0.15, -0.1) is 0 Å². The number of hydrogen-bond acceptors (Lipinski definition) is 6. The van der Waals surface area contributed by atoms with Crippen molar-refractivity contribution < 1.29 is 17.9 Å². The second-order valence-corrected chi connectivity index (χ2v) is 8.02. The summed E-state index contributed by atoms with van der Waals surface area (Å²) in [7, 11) is -3.64. The zero-order chi connectivity index (χ0) is 17.7. The molecule has 1 saturated heterocycles. The first-order valence-electron chi connectivity index (χ1n) is 7.61. The number of benzene rings is 1. The molecule has 9 heteroatoms. The highest BCUT2D eigenvalue weighted by Gasteiger charge is 2.26. The zero-order valence-corrected chi connectivity index (χ0v) is 14.9. The van der Waals surface area contributed by atoms with Gasteiger partial charge in [0, 0.05) is 24.2 Å². The smallest absolute Gasteiger partial charge is 0.271 e. The molecule has 1 aliphatic heterocycles. The molecule has 1 fully saturated rings. The monoisotopic (exact) mass is 379 g/mol. The molecule has 1 aliphatic rings. The summed E-state index contributed by atoms with van der Waals surface area (Å²) in [6, 6.07) is 7.81. The van der Waals surface area contributed by atoms with Gasteiger partial charge >= 0.3 is 0 Å². The van der Waals surface area contributed by atoms with E-state index in [1.165, 1.54) is 34.0 Å². The van der Waals surface area contributed by atoms with Gasteiger partial charge in [-0.1, -0.05) is 6.07 Å². The highest BCUT2D eigenvalue weighted by Crippen LogP contribution is 2.18. The van der Waals surface area contributed by atoms with Crippen molar-refractivity contribution in [2.75, 3.05) is 26.3 Å². The number of carbonyl (C=O) groups is 1. The van der Waals surface area contributed by atoms with Gasteiger partial charge in [-0.05, 0) is 35.0 Å². The number of nitrogens with one attached hydrogen (secondary N) is 1. The van der Waals surface area contributed by atoms with Crippen molar-refractivity contribution >= 4 is 33.5 Å². The van der Waals surface area contributed by atoms with Crippen LogP contribution in [0.15, 0.2) is 51.1 Å². The molecule has 2 heterocycles. The normalized spacial score (nSPS) is 16.2. The fraction of sp³-hybridized carbons (Fsp3) is 0.250. The van der Waals surface area contributed by atoms with Gasteiger partial charge in [-0.2, -0.15) is 20.7 Å². The third-order valence-corrected chi connectivity index (χ3v) is 6.22. The maximum Gasteiger partial charge on any atom is 0.271 e. The lowest BCUT2D eigenvalue weighted by Crippen LogP contribution is -2.40. The van der Waals surface area contributed by atoms with Crippen LogP contribution in [0.1, 0.15) is 15.9 Å². The Balaban J connectivity index is 1.73. The van der Waals surface area contributed by atoms with Crippen molar-refractivity contribution in [2.24, 2.45) is 5.10 Å². The first kappa shape index (κ1) is 17.7. The molecule has 2 aromatic rings. The molecule has 132 valence electrons. The molecule has 1 aromatic heterocycles. The van der Waals surface area contributed by atoms with Crippen LogP contribution < -0.4 is 5.43 Å². The van der Waals surface area contributed by atoms with E-state index >= 15 is 0 Å². The minimum atomic E-state index is -3.64. The second kappa shape index (κ2) is 7.87. The molecule has 0 aliphatic carbocycles. The fourth-order valence-electron chi connectivity index (χ4n) is 2.31. The van der Waals surface area contributed by atoms with Crippen molar-refractivity contribution in [1.82, 2.24) is 9.73 Å². The second-order valence-electron chi connectivity index (χ2n) is 5.30. The van der Waals surface area contributed by atoms with Gasteiger partial charge < -0.3 is 4.74 Å². The Hall–Kier alpha value is -2.07. The topological polar surface area (TPSA) is 88.1 Å². The summed E-state index contributed by atoms with van der Waals surface area (Å²) >= 11 is 1.53. The Labute approximate surface area is 150 Å². The average molecular weight is 379 g/mol. The molecule has 0 unspecified atom stereocenters. The molecule has 1 N–H and O–H groups in total. The van der Waals surface area contributed by atoms with E-state index in [4.69, 9.17) is 4.74 Å². The van der Waals surface area contributed by atoms with Gasteiger partial charge in [0.25, 0.3) is 5.91 Å². The van der Waals surface area contributed by atoms with Gasteiger partial charge in [-0.3, -0.25) is 4.79 Å². The van der Waals surface area contributed by atoms with E-state index < -0.39 is 15.9 Å². The zero-order valence-electron chi connectivity index (χ0n) is 13.3. The van der Waals surface area contributed by atoms with E-state index in [1.807, 2.05) is 16.8 Å². The predicted octanol–water partition coefficient (Wildman–Crippen LogP) is 1.53. The summed E-state index contributed by atoms with van der Waals surface area (Å²) < 4.78 is 31.8. The molecule has 0 atom stereocenters. The minimum absolute atomic E-state index is 0.0869. The molecule has 0 bridgehead atoms. The molecule has 0 radical (unpaired) electrons. The van der Waals surface area contributed by atoms with Crippen molar-refractivity contribution in [1.29, 1.82) is 0 Å². The van der Waals surface area contributed by atoms with Crippen molar-refractivity contribution in [3.05, 3.63) is 52.2 Å². The molecule has 25 heavy (non-hydrogen) atoms. The van der Waals surface area contributed by atoms with E-state index in [0.717, 1.165) is 5.56 Å². The third-order valence-electron chi connectivity index (χ3n) is 3.63. The fourth-order valence-corrected chi connectivity index (χ4v) is 4.38. The predicted molar refractivity (Wildman–Crippen MR) is 95.4 cm³/mol. The molecule has 1 aromatic carbocycles. The van der Waals surface area contributed by atoms with Crippen LogP contribution in [0, 0.1) is 0 Å². The van der Waals surface area contributed by atoms with E-state index in [2.05, 4.69) is 10.5 Å². The van der Waals surface area contributed by atoms with Gasteiger partial charge in [-0.25, -0.2) is 13.8 Å². The summed E-state index contributed by atoms with van der Waals surface area (Å²) in [4.78, 5) is 12.3. The summed E-state index contributed by atoms with van der Waals surface area (Å²) in [5.74, 6) is -0.467. The van der Waals surface area contributed by atoms with Crippen molar-refractivity contribution in [3.63, 3.8) is 0 Å². The lowest BCUT2D eigenvalue weighted by molar-refractivity contribution is 0.0730. The average Bonchev–Trinajstić information content (AvgIpc) is 3.16. The Kier molecular flexibility index (Phi) is 5.59. The largest absolute Gasteiger partial charge is 0.379 e. The van der Waals surface area contributed by atoms with E-state index in [9.17, 15) is 13.2 Å². The third kappa shape index (κ3) is 4.31. The van der Waals surface area contributed by atoms with Gasteiger partial charge in [0.15, 0.2) is 0 Å². The maximum atomic E-state index is 12.6. The molecular formula is C16H17N3O4S2. The molecule has 0 saturated carbocycles. The van der Waals surface area contributed by atoms with Gasteiger partial charge in [0.05, 0.1) is 24.3 Å². The quantitative estimate of drug-likeness (QED) is 0.630. The lowest BCUT2D eigenvalue weighted by atomic mass is 10.2. The number of carbonyl (C=O) groups excluding carboxylic acids is 1. The van der Waals surface area contributed by atoms with E-state index in [1.54, 1.807) is 12.1 Å². The Morgan fingerprint density at radius 3 is 2.80 bits per heavy atom. The van der Waals surface area contributed by atoms with Crippen LogP contribution >= 0.6 is 11.3 Å². The Morgan fingerprint density at radius 1 is 1.28 bits per heavy atom. The van der Waals surface area contributed by atoms with E-state index in [-0.39, 0.29) is 10.5 Å². The van der Waals surface area contributed by atoms with Gasteiger partial charge in [0.2, 0.25) is 10.0 Å². The maximum absolute atomic E-state index is 12.6. The highest BCUT2D eigenvalue weighted by molar-refractivity contribution is 7.89. The number of nitrogens with zero attached hydrogens (tertiary/aromatic N) is 2. The summed E-state index contributed by atoms with van der Waals surface area (Å²) in [6.07, 6.45) is 1.53. The lowest BCUT2D eigenvalue weighted by Gasteiger charge is -2.26. The van der Waals surface area contributed by atoms with Crippen LogP contribution in [0.3, 0.4) is 0 Å². The summed E-state index contributed by atoms with van der Waals surface area (Å²) in [6.45, 7) is 1.36. The minimum Gasteiger partial charge on any atom is -0.379 e. The highest BCUT2D eigenvalue weighted by atomic mass is 32.2. The van der Waals surface area contributed by atoms with Crippen molar-refractivity contribution in [2.45, 2.75) is 4.90 Å². The van der Waals surface area contributed by atoms with Crippen LogP contribution in [0.25, 0.3) is 0 Å². The Bertz CT molecular complexity index is 857. The van der Waals surface area contributed by atoms with E-state index in [0.29, 0.717) is 26.3 Å². The number of ether oxygens (including phenoxy) is 1. The van der Waals surface area contributed by atoms with Crippen LogP contribution in [0.5, 0.6) is 0 Å². The number of rotatable bonds is 5. The summed E-state index contributed by atoms with van der Waals surface area (Å²) in [5, 5.41) is 7.68. The number of hydrogen-bond donors (Lipinski definition) is 1. The Morgan fingerprint density at radius 2 is 2.08 bits per heavy atom. The van der Waals surface area contributed by atoms with Crippen molar-refractivity contribution in [3.8, 4) is 0 Å². The molecular weight excluding hydrogens is 362 g/mol. The molecule has 1 amide bonds. The van der Waals surface area contributed by atoms with Crippen LogP contribution in [0.2, 0.25) is 0 Å². The number of sulfonamides is 1. The first-order chi connectivity index (χ1) is 12.1. The standard InChI is InChI=1S/C16H17N3O4S2/c20-16(18-17-11-13-4-9-24-12-13)14-2-1-3-15(10-14)25(21,22)19-5-7-23-8-6-19/h1-4,9-12H,5-8H2,(H,18,20)/b17-11-. The first-order valence-corrected chi connectivity index (χ1v) is 9.99. The van der Waals surface area contributed by atoms with Crippen LogP contribution in [-0.4, -0.2) is 51.1 Å². The molecule has 7 nitrogen and oxygen atoms in total. The number of amides is 1. The summed E-state index contributed by atoms with van der Waals surface area (Å²) in [5.41, 5.74) is 3.52. The SMILES string of the molecule is O=C(N/N=C\c1ccsc1)c1cccc(S(=O)(=O)N2CCOCC2)c1. The number of hydrazone groups is 1. The van der Waals surface area contributed by atoms with Crippen LogP contribution in [0.4, 0.5) is 0 Å². The van der Waals surface area contributed by atoms with Gasteiger partial charge in [0.1, 0.15) is 0 Å². The number of morpholine rings is 1. The number of thiophene rings is 1.